The van der Waals surface area contributed by atoms with E-state index < -0.39 is 0 Å². The van der Waals surface area contributed by atoms with Crippen LogP contribution < -0.4 is 10.1 Å². The van der Waals surface area contributed by atoms with Crippen molar-refractivity contribution in [2.75, 3.05) is 0 Å². The van der Waals surface area contributed by atoms with Crippen LogP contribution in [0, 0.1) is 0 Å². The molecule has 1 heterocycles. The van der Waals surface area contributed by atoms with E-state index in [1.54, 1.807) is 30.6 Å². The third-order valence-electron chi connectivity index (χ3n) is 3.61. The summed E-state index contributed by atoms with van der Waals surface area (Å²) in [5.41, 5.74) is 2.53. The van der Waals surface area contributed by atoms with Gasteiger partial charge in [-0.1, -0.05) is 23.7 Å². The summed E-state index contributed by atoms with van der Waals surface area (Å²) in [7, 11) is 0. The van der Waals surface area contributed by atoms with E-state index in [0.29, 0.717) is 23.7 Å². The molecule has 0 aliphatic heterocycles. The molecule has 3 aromatic rings. The highest BCUT2D eigenvalue weighted by atomic mass is 35.5. The maximum absolute atomic E-state index is 12.3. The molecule has 126 valence electrons. The Kier molecular flexibility index (Phi) is 5.65. The summed E-state index contributed by atoms with van der Waals surface area (Å²) >= 11 is 5.85. The van der Waals surface area contributed by atoms with Crippen molar-refractivity contribution >= 4 is 17.5 Å². The number of nitrogens with zero attached hydrogens (tertiary/aromatic N) is 1. The number of halogens is 1. The molecule has 0 saturated heterocycles. The van der Waals surface area contributed by atoms with Crippen LogP contribution in [0.1, 0.15) is 21.5 Å². The molecule has 3 rings (SSSR count). The Morgan fingerprint density at radius 3 is 2.52 bits per heavy atom. The first-order valence-electron chi connectivity index (χ1n) is 7.85. The van der Waals surface area contributed by atoms with E-state index in [1.807, 2.05) is 42.5 Å². The molecule has 0 spiro atoms. The second kappa shape index (κ2) is 8.31. The van der Waals surface area contributed by atoms with Crippen LogP contribution in [-0.4, -0.2) is 10.9 Å². The van der Waals surface area contributed by atoms with Gasteiger partial charge in [0, 0.05) is 29.5 Å². The number of pyridine rings is 1. The highest BCUT2D eigenvalue weighted by Crippen LogP contribution is 2.17. The lowest BCUT2D eigenvalue weighted by atomic mass is 10.1. The molecule has 25 heavy (non-hydrogen) atoms. The van der Waals surface area contributed by atoms with Crippen LogP contribution >= 0.6 is 11.6 Å². The first-order valence-corrected chi connectivity index (χ1v) is 8.23. The predicted octanol–water partition coefficient (Wildman–Crippen LogP) is 4.24. The molecule has 0 radical (unpaired) electrons. The number of carbonyl (C=O) groups excluding carboxylic acids is 1. The highest BCUT2D eigenvalue weighted by Gasteiger charge is 2.06. The maximum Gasteiger partial charge on any atom is 0.251 e. The summed E-state index contributed by atoms with van der Waals surface area (Å²) in [6.45, 7) is 0.847. The lowest BCUT2D eigenvalue weighted by molar-refractivity contribution is 0.0950. The van der Waals surface area contributed by atoms with E-state index in [4.69, 9.17) is 16.3 Å². The van der Waals surface area contributed by atoms with Crippen LogP contribution in [0.2, 0.25) is 5.02 Å². The van der Waals surface area contributed by atoms with E-state index in [1.165, 1.54) is 0 Å². The second-order valence-electron chi connectivity index (χ2n) is 5.48. The maximum atomic E-state index is 12.3. The zero-order valence-corrected chi connectivity index (χ0v) is 14.2. The van der Waals surface area contributed by atoms with Crippen LogP contribution in [0.5, 0.6) is 5.75 Å². The first kappa shape index (κ1) is 17.0. The van der Waals surface area contributed by atoms with Gasteiger partial charge in [-0.2, -0.15) is 0 Å². The van der Waals surface area contributed by atoms with Gasteiger partial charge in [0.15, 0.2) is 0 Å². The number of rotatable bonds is 6. The lowest BCUT2D eigenvalue weighted by Crippen LogP contribution is -2.22. The van der Waals surface area contributed by atoms with Crippen molar-refractivity contribution in [2.24, 2.45) is 0 Å². The number of aromatic nitrogens is 1. The van der Waals surface area contributed by atoms with Crippen molar-refractivity contribution in [1.82, 2.24) is 10.3 Å². The van der Waals surface area contributed by atoms with Crippen molar-refractivity contribution < 1.29 is 9.53 Å². The predicted molar refractivity (Wildman–Crippen MR) is 97.6 cm³/mol. The minimum atomic E-state index is -0.120. The molecule has 0 unspecified atom stereocenters. The van der Waals surface area contributed by atoms with Gasteiger partial charge in [0.2, 0.25) is 0 Å². The van der Waals surface area contributed by atoms with Crippen LogP contribution in [0.4, 0.5) is 0 Å². The molecule has 0 aliphatic carbocycles. The van der Waals surface area contributed by atoms with E-state index in [0.717, 1.165) is 16.9 Å². The summed E-state index contributed by atoms with van der Waals surface area (Å²) in [4.78, 5) is 16.3. The molecule has 0 fully saturated rings. The van der Waals surface area contributed by atoms with Crippen molar-refractivity contribution in [3.8, 4) is 5.75 Å². The molecule has 4 nitrogen and oxygen atoms in total. The Labute approximate surface area is 151 Å². The molecule has 0 atom stereocenters. The quantitative estimate of drug-likeness (QED) is 0.721. The number of nitrogens with one attached hydrogen (secondary N) is 1. The van der Waals surface area contributed by atoms with Gasteiger partial charge in [-0.25, -0.2) is 0 Å². The van der Waals surface area contributed by atoms with Gasteiger partial charge in [-0.05, 0) is 59.7 Å². The van der Waals surface area contributed by atoms with Crippen molar-refractivity contribution in [3.05, 3.63) is 94.8 Å². The summed E-state index contributed by atoms with van der Waals surface area (Å²) in [5.74, 6) is 0.613. The van der Waals surface area contributed by atoms with Gasteiger partial charge in [-0.15, -0.1) is 0 Å². The molecule has 0 saturated carbocycles. The van der Waals surface area contributed by atoms with Crippen molar-refractivity contribution in [1.29, 1.82) is 0 Å². The van der Waals surface area contributed by atoms with Gasteiger partial charge in [-0.3, -0.25) is 9.78 Å². The Morgan fingerprint density at radius 2 is 1.76 bits per heavy atom. The van der Waals surface area contributed by atoms with Crippen LogP contribution in [-0.2, 0) is 13.2 Å². The van der Waals surface area contributed by atoms with Gasteiger partial charge in [0.25, 0.3) is 5.91 Å². The molecular formula is C20H17ClN2O2. The summed E-state index contributed by atoms with van der Waals surface area (Å²) in [6, 6.07) is 18.3. The standard InChI is InChI=1S/C20H17ClN2O2/c21-18-4-6-19(7-5-18)25-14-16-2-1-3-17(12-16)20(24)23-13-15-8-10-22-11-9-15/h1-12H,13-14H2,(H,23,24). The third kappa shape index (κ3) is 5.06. The SMILES string of the molecule is O=C(NCc1ccncc1)c1cccc(COc2ccc(Cl)cc2)c1. The summed E-state index contributed by atoms with van der Waals surface area (Å²) in [6.07, 6.45) is 3.41. The minimum absolute atomic E-state index is 0.120. The van der Waals surface area contributed by atoms with E-state index in [-0.39, 0.29) is 5.91 Å². The van der Waals surface area contributed by atoms with Gasteiger partial charge in [0.05, 0.1) is 0 Å². The van der Waals surface area contributed by atoms with Crippen LogP contribution in [0.3, 0.4) is 0 Å². The van der Waals surface area contributed by atoms with Gasteiger partial charge in [0.1, 0.15) is 12.4 Å². The Bertz CT molecular complexity index is 836. The Morgan fingerprint density at radius 1 is 1.00 bits per heavy atom. The number of ether oxygens (including phenoxy) is 1. The fraction of sp³-hybridized carbons (Fsp3) is 0.100. The smallest absolute Gasteiger partial charge is 0.251 e. The second-order valence-corrected chi connectivity index (χ2v) is 5.92. The minimum Gasteiger partial charge on any atom is -0.489 e. The van der Waals surface area contributed by atoms with Crippen LogP contribution in [0.15, 0.2) is 73.1 Å². The zero-order chi connectivity index (χ0) is 17.5. The number of hydrogen-bond acceptors (Lipinski definition) is 3. The normalized spacial score (nSPS) is 10.3. The van der Waals surface area contributed by atoms with Crippen LogP contribution in [0.25, 0.3) is 0 Å². The molecule has 2 aromatic carbocycles. The lowest BCUT2D eigenvalue weighted by Gasteiger charge is -2.09. The number of amides is 1. The molecular weight excluding hydrogens is 336 g/mol. The number of hydrogen-bond donors (Lipinski definition) is 1. The van der Waals surface area contributed by atoms with E-state index >= 15 is 0 Å². The first-order chi connectivity index (χ1) is 12.2. The molecule has 5 heteroatoms. The monoisotopic (exact) mass is 352 g/mol. The fourth-order valence-corrected chi connectivity index (χ4v) is 2.41. The molecule has 0 bridgehead atoms. The van der Waals surface area contributed by atoms with E-state index in [2.05, 4.69) is 10.3 Å². The zero-order valence-electron chi connectivity index (χ0n) is 13.5. The Hall–Kier alpha value is -2.85. The average Bonchev–Trinajstić information content (AvgIpc) is 2.67. The average molecular weight is 353 g/mol. The largest absolute Gasteiger partial charge is 0.489 e. The molecule has 1 N–H and O–H groups in total. The highest BCUT2D eigenvalue weighted by molar-refractivity contribution is 6.30. The van der Waals surface area contributed by atoms with Gasteiger partial charge < -0.3 is 10.1 Å². The van der Waals surface area contributed by atoms with Crippen molar-refractivity contribution in [2.45, 2.75) is 13.2 Å². The van der Waals surface area contributed by atoms with Crippen molar-refractivity contribution in [3.63, 3.8) is 0 Å². The summed E-state index contributed by atoms with van der Waals surface area (Å²) < 4.78 is 5.71. The molecule has 1 amide bonds. The number of benzene rings is 2. The Balaban J connectivity index is 1.58. The topological polar surface area (TPSA) is 51.2 Å². The number of carbonyl (C=O) groups is 1. The van der Waals surface area contributed by atoms with E-state index in [9.17, 15) is 4.79 Å². The van der Waals surface area contributed by atoms with Gasteiger partial charge >= 0.3 is 0 Å². The third-order valence-corrected chi connectivity index (χ3v) is 3.86. The molecule has 1 aromatic heterocycles. The molecule has 0 aliphatic rings. The summed E-state index contributed by atoms with van der Waals surface area (Å²) in [5, 5.41) is 3.57. The fourth-order valence-electron chi connectivity index (χ4n) is 2.28.